The van der Waals surface area contributed by atoms with Crippen LogP contribution >= 0.6 is 0 Å². The normalized spacial score (nSPS) is 10.4. The molecule has 1 heterocycles. The highest BCUT2D eigenvalue weighted by Gasteiger charge is 2.10. The fourth-order valence-corrected chi connectivity index (χ4v) is 1.87. The molecule has 0 spiro atoms. The van der Waals surface area contributed by atoms with E-state index in [0.717, 1.165) is 11.1 Å². The number of hydrogen-bond donors (Lipinski definition) is 2. The van der Waals surface area contributed by atoms with Gasteiger partial charge in [0, 0.05) is 13.7 Å². The summed E-state index contributed by atoms with van der Waals surface area (Å²) < 4.78 is 6.24. The number of ether oxygens (including phenoxy) is 1. The van der Waals surface area contributed by atoms with E-state index < -0.39 is 5.97 Å². The van der Waals surface area contributed by atoms with Gasteiger partial charge in [-0.25, -0.2) is 9.48 Å². The van der Waals surface area contributed by atoms with Gasteiger partial charge in [0.05, 0.1) is 12.8 Å². The molecule has 0 unspecified atom stereocenters. The minimum atomic E-state index is -1.18. The molecule has 2 aromatic rings. The molecule has 1 amide bonds. The fourth-order valence-electron chi connectivity index (χ4n) is 1.87. The van der Waals surface area contributed by atoms with Crippen molar-refractivity contribution in [2.45, 2.75) is 19.7 Å². The number of carbonyl (C=O) groups is 2. The van der Waals surface area contributed by atoms with Gasteiger partial charge in [-0.05, 0) is 11.1 Å². The molecule has 22 heavy (non-hydrogen) atoms. The van der Waals surface area contributed by atoms with Crippen LogP contribution in [0.4, 0.5) is 0 Å². The van der Waals surface area contributed by atoms with Crippen molar-refractivity contribution in [2.75, 3.05) is 7.11 Å². The summed E-state index contributed by atoms with van der Waals surface area (Å²) in [6.07, 6.45) is 1.21. The second-order valence-electron chi connectivity index (χ2n) is 4.64. The number of methoxy groups -OCH3 is 1. The van der Waals surface area contributed by atoms with E-state index in [4.69, 9.17) is 9.84 Å². The number of rotatable bonds is 7. The lowest BCUT2D eigenvalue weighted by Gasteiger charge is -2.07. The standard InChI is InChI=1S/C14H16N4O4/c1-22-9-11-4-2-3-10(5-11)6-15-13(19)8-18-7-12(14(20)21)16-17-18/h2-5,7H,6,8-9H2,1H3,(H,15,19)(H,20,21). The molecule has 0 saturated heterocycles. The Morgan fingerprint density at radius 3 is 2.82 bits per heavy atom. The summed E-state index contributed by atoms with van der Waals surface area (Å²) in [7, 11) is 1.62. The van der Waals surface area contributed by atoms with Gasteiger partial charge in [-0.2, -0.15) is 0 Å². The summed E-state index contributed by atoms with van der Waals surface area (Å²) in [5, 5.41) is 18.5. The van der Waals surface area contributed by atoms with Gasteiger partial charge in [0.2, 0.25) is 5.91 Å². The topological polar surface area (TPSA) is 106 Å². The Morgan fingerprint density at radius 2 is 2.14 bits per heavy atom. The van der Waals surface area contributed by atoms with Crippen molar-refractivity contribution in [1.82, 2.24) is 20.3 Å². The van der Waals surface area contributed by atoms with Gasteiger partial charge in [0.1, 0.15) is 6.54 Å². The first-order chi connectivity index (χ1) is 10.6. The molecule has 0 aliphatic rings. The summed E-state index contributed by atoms with van der Waals surface area (Å²) in [6, 6.07) is 7.68. The van der Waals surface area contributed by atoms with Crippen LogP contribution < -0.4 is 5.32 Å². The summed E-state index contributed by atoms with van der Waals surface area (Å²) in [4.78, 5) is 22.5. The first kappa shape index (κ1) is 15.6. The van der Waals surface area contributed by atoms with Gasteiger partial charge >= 0.3 is 5.97 Å². The van der Waals surface area contributed by atoms with E-state index in [2.05, 4.69) is 15.6 Å². The fraction of sp³-hybridized carbons (Fsp3) is 0.286. The molecule has 0 bridgehead atoms. The number of aromatic carboxylic acids is 1. The number of nitrogens with one attached hydrogen (secondary N) is 1. The number of carbonyl (C=O) groups excluding carboxylic acids is 1. The molecule has 8 heteroatoms. The highest BCUT2D eigenvalue weighted by Crippen LogP contribution is 2.06. The SMILES string of the molecule is COCc1cccc(CNC(=O)Cn2cc(C(=O)O)nn2)c1. The number of nitrogens with zero attached hydrogens (tertiary/aromatic N) is 3. The average molecular weight is 304 g/mol. The van der Waals surface area contributed by atoms with Crippen LogP contribution in [0.25, 0.3) is 0 Å². The smallest absolute Gasteiger partial charge is 0.358 e. The van der Waals surface area contributed by atoms with E-state index in [1.807, 2.05) is 24.3 Å². The predicted octanol–water partition coefficient (Wildman–Crippen LogP) is 0.439. The number of aromatic nitrogens is 3. The van der Waals surface area contributed by atoms with Gasteiger partial charge in [0.25, 0.3) is 0 Å². The van der Waals surface area contributed by atoms with E-state index in [0.29, 0.717) is 13.2 Å². The summed E-state index contributed by atoms with van der Waals surface area (Å²) in [5.41, 5.74) is 1.78. The molecule has 116 valence electrons. The van der Waals surface area contributed by atoms with Crippen LogP contribution in [0.5, 0.6) is 0 Å². The molecule has 2 N–H and O–H groups in total. The van der Waals surface area contributed by atoms with E-state index in [1.165, 1.54) is 10.9 Å². The van der Waals surface area contributed by atoms with Crippen molar-refractivity contribution < 1.29 is 19.4 Å². The molecule has 2 rings (SSSR count). The first-order valence-corrected chi connectivity index (χ1v) is 6.55. The third-order valence-corrected chi connectivity index (χ3v) is 2.86. The number of carboxylic acid groups (broad SMARTS) is 1. The summed E-state index contributed by atoms with van der Waals surface area (Å²) in [5.74, 6) is -1.46. The maximum atomic E-state index is 11.8. The van der Waals surface area contributed by atoms with Crippen molar-refractivity contribution in [3.63, 3.8) is 0 Å². The Labute approximate surface area is 126 Å². The number of amides is 1. The minimum Gasteiger partial charge on any atom is -0.476 e. The number of carboxylic acids is 1. The van der Waals surface area contributed by atoms with Crippen molar-refractivity contribution in [2.24, 2.45) is 0 Å². The Balaban J connectivity index is 1.86. The second-order valence-corrected chi connectivity index (χ2v) is 4.64. The molecular weight excluding hydrogens is 288 g/mol. The number of hydrogen-bond acceptors (Lipinski definition) is 5. The van der Waals surface area contributed by atoms with Crippen LogP contribution in [0.1, 0.15) is 21.6 Å². The largest absolute Gasteiger partial charge is 0.476 e. The van der Waals surface area contributed by atoms with Crippen LogP contribution in [0.3, 0.4) is 0 Å². The Bertz CT molecular complexity index is 668. The highest BCUT2D eigenvalue weighted by molar-refractivity contribution is 5.84. The lowest BCUT2D eigenvalue weighted by atomic mass is 10.1. The van der Waals surface area contributed by atoms with Gasteiger partial charge in [0.15, 0.2) is 5.69 Å². The summed E-state index contributed by atoms with van der Waals surface area (Å²) >= 11 is 0. The van der Waals surface area contributed by atoms with Crippen LogP contribution in [-0.4, -0.2) is 39.1 Å². The van der Waals surface area contributed by atoms with Crippen LogP contribution in [0.2, 0.25) is 0 Å². The molecule has 0 aliphatic carbocycles. The lowest BCUT2D eigenvalue weighted by molar-refractivity contribution is -0.122. The monoisotopic (exact) mass is 304 g/mol. The molecule has 1 aromatic heterocycles. The molecule has 0 atom stereocenters. The first-order valence-electron chi connectivity index (χ1n) is 6.55. The van der Waals surface area contributed by atoms with Gasteiger partial charge in [-0.15, -0.1) is 5.10 Å². The molecule has 0 saturated carbocycles. The second kappa shape index (κ2) is 7.32. The number of benzene rings is 1. The van der Waals surface area contributed by atoms with Crippen molar-refractivity contribution in [3.05, 3.63) is 47.3 Å². The maximum Gasteiger partial charge on any atom is 0.358 e. The van der Waals surface area contributed by atoms with Crippen LogP contribution in [0.15, 0.2) is 30.5 Å². The van der Waals surface area contributed by atoms with E-state index in [1.54, 1.807) is 7.11 Å². The third-order valence-electron chi connectivity index (χ3n) is 2.86. The van der Waals surface area contributed by atoms with Crippen LogP contribution in [0, 0.1) is 0 Å². The zero-order chi connectivity index (χ0) is 15.9. The van der Waals surface area contributed by atoms with Crippen molar-refractivity contribution in [1.29, 1.82) is 0 Å². The van der Waals surface area contributed by atoms with Crippen molar-refractivity contribution in [3.8, 4) is 0 Å². The lowest BCUT2D eigenvalue weighted by Crippen LogP contribution is -2.27. The quantitative estimate of drug-likeness (QED) is 0.768. The zero-order valence-electron chi connectivity index (χ0n) is 12.0. The average Bonchev–Trinajstić information content (AvgIpc) is 2.95. The third kappa shape index (κ3) is 4.38. The zero-order valence-corrected chi connectivity index (χ0v) is 12.0. The van der Waals surface area contributed by atoms with Gasteiger partial charge in [-0.1, -0.05) is 29.5 Å². The van der Waals surface area contributed by atoms with Gasteiger partial charge < -0.3 is 15.2 Å². The van der Waals surface area contributed by atoms with E-state index in [-0.39, 0.29) is 18.1 Å². The molecule has 8 nitrogen and oxygen atoms in total. The van der Waals surface area contributed by atoms with E-state index in [9.17, 15) is 9.59 Å². The van der Waals surface area contributed by atoms with E-state index >= 15 is 0 Å². The Morgan fingerprint density at radius 1 is 1.36 bits per heavy atom. The van der Waals surface area contributed by atoms with Crippen molar-refractivity contribution >= 4 is 11.9 Å². The highest BCUT2D eigenvalue weighted by atomic mass is 16.5. The van der Waals surface area contributed by atoms with Gasteiger partial charge in [-0.3, -0.25) is 4.79 Å². The Kier molecular flexibility index (Phi) is 5.21. The minimum absolute atomic E-state index is 0.0853. The molecule has 0 aliphatic heterocycles. The Hall–Kier alpha value is -2.74. The molecular formula is C14H16N4O4. The molecule has 0 fully saturated rings. The molecule has 0 radical (unpaired) electrons. The van der Waals surface area contributed by atoms with Crippen LogP contribution in [-0.2, 0) is 29.2 Å². The summed E-state index contributed by atoms with van der Waals surface area (Å²) in [6.45, 7) is 0.799. The maximum absolute atomic E-state index is 11.8. The molecule has 1 aromatic carbocycles. The predicted molar refractivity (Wildman–Crippen MR) is 76.0 cm³/mol.